The second-order valence-electron chi connectivity index (χ2n) is 4.60. The van der Waals surface area contributed by atoms with Gasteiger partial charge in [0.05, 0.1) is 0 Å². The zero-order valence-corrected chi connectivity index (χ0v) is 10.8. The normalized spacial score (nSPS) is 17.1. The van der Waals surface area contributed by atoms with Gasteiger partial charge in [0.1, 0.15) is 0 Å². The van der Waals surface area contributed by atoms with Crippen molar-refractivity contribution in [1.82, 2.24) is 5.32 Å². The molecular weight excluding hydrogens is 218 g/mol. The van der Waals surface area contributed by atoms with Crippen molar-refractivity contribution in [2.24, 2.45) is 0 Å². The highest BCUT2D eigenvalue weighted by Gasteiger charge is 2.24. The van der Waals surface area contributed by atoms with E-state index >= 15 is 0 Å². The topological polar surface area (TPSA) is 29.1 Å². The number of carbonyl (C=O) groups excluding carboxylic acids is 1. The summed E-state index contributed by atoms with van der Waals surface area (Å²) in [6, 6.07) is 4.82. The van der Waals surface area contributed by atoms with E-state index in [1.165, 1.54) is 22.6 Å². The van der Waals surface area contributed by atoms with Crippen LogP contribution in [0.25, 0.3) is 0 Å². The lowest BCUT2D eigenvalue weighted by Gasteiger charge is -2.09. The zero-order valence-electron chi connectivity index (χ0n) is 9.95. The zero-order chi connectivity index (χ0) is 11.5. The number of carbonyl (C=O) groups is 1. The third kappa shape index (κ3) is 3.08. The summed E-state index contributed by atoms with van der Waals surface area (Å²) in [6.45, 7) is 4.30. The van der Waals surface area contributed by atoms with Gasteiger partial charge in [0.2, 0.25) is 5.91 Å². The molecule has 1 N–H and O–H groups in total. The van der Waals surface area contributed by atoms with E-state index in [2.05, 4.69) is 31.3 Å². The van der Waals surface area contributed by atoms with Crippen molar-refractivity contribution in [1.29, 1.82) is 0 Å². The molecule has 1 aliphatic rings. The molecule has 88 valence electrons. The van der Waals surface area contributed by atoms with Crippen molar-refractivity contribution in [2.45, 2.75) is 51.5 Å². The van der Waals surface area contributed by atoms with Gasteiger partial charge in [-0.05, 0) is 37.3 Å². The van der Waals surface area contributed by atoms with E-state index in [0.29, 0.717) is 18.4 Å². The fraction of sp³-hybridized carbons (Fsp3) is 0.615. The molecule has 1 unspecified atom stereocenters. The number of rotatable bonds is 5. The van der Waals surface area contributed by atoms with E-state index in [0.717, 1.165) is 6.42 Å². The Hall–Kier alpha value is -0.830. The predicted octanol–water partition coefficient (Wildman–Crippen LogP) is 3.08. The third-order valence-electron chi connectivity index (χ3n) is 2.95. The van der Waals surface area contributed by atoms with Crippen LogP contribution in [-0.4, -0.2) is 11.9 Å². The minimum Gasteiger partial charge on any atom is -0.353 e. The van der Waals surface area contributed by atoms with Crippen LogP contribution < -0.4 is 5.32 Å². The molecule has 3 heteroatoms. The van der Waals surface area contributed by atoms with Crippen LogP contribution in [-0.2, 0) is 11.2 Å². The van der Waals surface area contributed by atoms with E-state index in [1.807, 2.05) is 11.3 Å². The van der Waals surface area contributed by atoms with Crippen molar-refractivity contribution in [3.8, 4) is 0 Å². The molecule has 1 atom stereocenters. The van der Waals surface area contributed by atoms with Crippen molar-refractivity contribution < 1.29 is 4.79 Å². The lowest BCUT2D eigenvalue weighted by molar-refractivity contribution is -0.121. The Bertz CT molecular complexity index is 368. The molecule has 0 bridgehead atoms. The molecule has 2 rings (SSSR count). The first-order valence-corrected chi connectivity index (χ1v) is 6.88. The van der Waals surface area contributed by atoms with Gasteiger partial charge in [-0.3, -0.25) is 4.79 Å². The lowest BCUT2D eigenvalue weighted by Crippen LogP contribution is -2.26. The van der Waals surface area contributed by atoms with Gasteiger partial charge in [-0.1, -0.05) is 13.8 Å². The second-order valence-corrected chi connectivity index (χ2v) is 5.80. The molecule has 0 saturated heterocycles. The maximum atomic E-state index is 11.6. The third-order valence-corrected chi connectivity index (χ3v) is 4.41. The average molecular weight is 237 g/mol. The van der Waals surface area contributed by atoms with Crippen molar-refractivity contribution >= 4 is 17.2 Å². The summed E-state index contributed by atoms with van der Waals surface area (Å²) < 4.78 is 0. The fourth-order valence-electron chi connectivity index (χ4n) is 1.74. The van der Waals surface area contributed by atoms with Crippen LogP contribution in [0.2, 0.25) is 0 Å². The van der Waals surface area contributed by atoms with Crippen LogP contribution in [0, 0.1) is 0 Å². The molecule has 1 aromatic rings. The number of amides is 1. The summed E-state index contributed by atoms with van der Waals surface area (Å²) in [5.74, 6) is 0.561. The molecule has 2 nitrogen and oxygen atoms in total. The Balaban J connectivity index is 1.85. The van der Waals surface area contributed by atoms with Crippen LogP contribution in [0.5, 0.6) is 0 Å². The Kier molecular flexibility index (Phi) is 3.64. The summed E-state index contributed by atoms with van der Waals surface area (Å²) in [4.78, 5) is 14.4. The number of nitrogens with one attached hydrogen (secondary N) is 1. The van der Waals surface area contributed by atoms with Gasteiger partial charge in [0, 0.05) is 22.2 Å². The van der Waals surface area contributed by atoms with Crippen molar-refractivity contribution in [3.05, 3.63) is 21.9 Å². The van der Waals surface area contributed by atoms with Crippen LogP contribution in [0.1, 0.15) is 48.8 Å². The molecule has 1 saturated carbocycles. The van der Waals surface area contributed by atoms with Crippen LogP contribution >= 0.6 is 11.3 Å². The monoisotopic (exact) mass is 237 g/mol. The molecule has 1 aromatic heterocycles. The lowest BCUT2D eigenvalue weighted by atomic mass is 10.1. The van der Waals surface area contributed by atoms with Gasteiger partial charge < -0.3 is 5.32 Å². The molecule has 1 aliphatic carbocycles. The summed E-state index contributed by atoms with van der Waals surface area (Å²) in [7, 11) is 0. The Morgan fingerprint density at radius 1 is 1.56 bits per heavy atom. The first-order chi connectivity index (χ1) is 7.69. The smallest absolute Gasteiger partial charge is 0.220 e. The van der Waals surface area contributed by atoms with Crippen LogP contribution in [0.15, 0.2) is 12.1 Å². The second kappa shape index (κ2) is 5.00. The van der Waals surface area contributed by atoms with E-state index in [4.69, 9.17) is 0 Å². The number of hydrogen-bond acceptors (Lipinski definition) is 2. The van der Waals surface area contributed by atoms with E-state index in [1.54, 1.807) is 0 Å². The minimum absolute atomic E-state index is 0.210. The quantitative estimate of drug-likeness (QED) is 0.837. The van der Waals surface area contributed by atoms with E-state index < -0.39 is 0 Å². The van der Waals surface area contributed by atoms with Gasteiger partial charge >= 0.3 is 0 Å². The molecule has 1 fully saturated rings. The standard InChI is InChI=1S/C13H19NOS/c1-3-11-6-7-12(16-11)9(2)8-13(15)14-10-4-5-10/h6-7,9-10H,3-5,8H2,1-2H3,(H,14,15). The van der Waals surface area contributed by atoms with E-state index in [9.17, 15) is 4.79 Å². The maximum absolute atomic E-state index is 11.6. The molecule has 1 amide bonds. The molecule has 1 heterocycles. The average Bonchev–Trinajstić information content (AvgIpc) is 2.93. The number of hydrogen-bond donors (Lipinski definition) is 1. The molecule has 0 aliphatic heterocycles. The summed E-state index contributed by atoms with van der Waals surface area (Å²) in [6.07, 6.45) is 4.05. The first kappa shape index (κ1) is 11.6. The Labute approximate surface area is 101 Å². The van der Waals surface area contributed by atoms with Crippen molar-refractivity contribution in [2.75, 3.05) is 0 Å². The molecule has 16 heavy (non-hydrogen) atoms. The summed E-state index contributed by atoms with van der Waals surface area (Å²) >= 11 is 1.84. The molecule has 0 spiro atoms. The number of thiophene rings is 1. The summed E-state index contributed by atoms with van der Waals surface area (Å²) in [5, 5.41) is 3.04. The van der Waals surface area contributed by atoms with Gasteiger partial charge in [0.25, 0.3) is 0 Å². The van der Waals surface area contributed by atoms with Gasteiger partial charge in [-0.15, -0.1) is 11.3 Å². The first-order valence-electron chi connectivity index (χ1n) is 6.07. The number of aryl methyl sites for hydroxylation is 1. The van der Waals surface area contributed by atoms with Gasteiger partial charge in [-0.2, -0.15) is 0 Å². The van der Waals surface area contributed by atoms with Crippen LogP contribution in [0.4, 0.5) is 0 Å². The highest BCUT2D eigenvalue weighted by Crippen LogP contribution is 2.28. The highest BCUT2D eigenvalue weighted by molar-refractivity contribution is 7.12. The van der Waals surface area contributed by atoms with Crippen LogP contribution in [0.3, 0.4) is 0 Å². The molecule has 0 aromatic carbocycles. The highest BCUT2D eigenvalue weighted by atomic mass is 32.1. The molecular formula is C13H19NOS. The van der Waals surface area contributed by atoms with Gasteiger partial charge in [0.15, 0.2) is 0 Å². The molecule has 0 radical (unpaired) electrons. The Morgan fingerprint density at radius 2 is 2.31 bits per heavy atom. The largest absolute Gasteiger partial charge is 0.353 e. The maximum Gasteiger partial charge on any atom is 0.220 e. The SMILES string of the molecule is CCc1ccc(C(C)CC(=O)NC2CC2)s1. The summed E-state index contributed by atoms with van der Waals surface area (Å²) in [5.41, 5.74) is 0. The minimum atomic E-state index is 0.210. The predicted molar refractivity (Wildman–Crippen MR) is 67.9 cm³/mol. The fourth-order valence-corrected chi connectivity index (χ4v) is 2.75. The Morgan fingerprint density at radius 3 is 2.88 bits per heavy atom. The van der Waals surface area contributed by atoms with Gasteiger partial charge in [-0.25, -0.2) is 0 Å². The van der Waals surface area contributed by atoms with Crippen molar-refractivity contribution in [3.63, 3.8) is 0 Å². The van der Waals surface area contributed by atoms with E-state index in [-0.39, 0.29) is 5.91 Å².